The Balaban J connectivity index is 1.89. The Hall–Kier alpha value is -3.47. The fraction of sp³-hybridized carbons (Fsp3) is 0.676. The number of ether oxygens (including phenoxy) is 3. The van der Waals surface area contributed by atoms with E-state index in [1.807, 2.05) is 63.9 Å². The van der Waals surface area contributed by atoms with Crippen LogP contribution in [0.25, 0.3) is 11.3 Å². The molecule has 0 unspecified atom stereocenters. The Kier molecular flexibility index (Phi) is 14.1. The van der Waals surface area contributed by atoms with Crippen molar-refractivity contribution in [3.8, 4) is 23.8 Å². The Morgan fingerprint density at radius 3 is 2.54 bits per heavy atom. The van der Waals surface area contributed by atoms with Crippen LogP contribution >= 0.6 is 0 Å². The molecule has 2 heterocycles. The fourth-order valence-electron chi connectivity index (χ4n) is 7.46. The van der Waals surface area contributed by atoms with E-state index in [-0.39, 0.29) is 24.2 Å². The molecule has 0 saturated carbocycles. The van der Waals surface area contributed by atoms with E-state index in [1.165, 1.54) is 0 Å². The number of terminal acetylenes is 1. The van der Waals surface area contributed by atoms with Crippen molar-refractivity contribution < 1.29 is 28.2 Å². The van der Waals surface area contributed by atoms with E-state index < -0.39 is 46.7 Å². The van der Waals surface area contributed by atoms with E-state index in [2.05, 4.69) is 40.5 Å². The van der Waals surface area contributed by atoms with Gasteiger partial charge in [-0.3, -0.25) is 9.48 Å². The molecule has 50 heavy (non-hydrogen) atoms. The predicted octanol–water partition coefficient (Wildman–Crippen LogP) is 4.07. The molecular formula is C37H58BFN6O5. The number of nitrogen functional groups attached to an aromatic ring is 1. The number of esters is 1. The highest BCUT2D eigenvalue weighted by Crippen LogP contribution is 2.40. The molecule has 0 radical (unpaired) electrons. The Bertz CT molecular complexity index is 1480. The van der Waals surface area contributed by atoms with Crippen molar-refractivity contribution in [2.45, 2.75) is 122 Å². The van der Waals surface area contributed by atoms with E-state index in [0.29, 0.717) is 31.7 Å². The van der Waals surface area contributed by atoms with Crippen LogP contribution in [0.3, 0.4) is 0 Å². The molecule has 11 nitrogen and oxygen atoms in total. The van der Waals surface area contributed by atoms with E-state index in [0.717, 1.165) is 31.0 Å². The summed E-state index contributed by atoms with van der Waals surface area (Å²) < 4.78 is 36.0. The number of alkyl halides is 1. The van der Waals surface area contributed by atoms with Gasteiger partial charge in [0.15, 0.2) is 11.4 Å². The van der Waals surface area contributed by atoms with Crippen LogP contribution in [0.4, 0.5) is 10.1 Å². The number of aromatic nitrogens is 3. The Morgan fingerprint density at radius 1 is 1.22 bits per heavy atom. The van der Waals surface area contributed by atoms with Gasteiger partial charge in [0.1, 0.15) is 25.8 Å². The lowest BCUT2D eigenvalue weighted by Crippen LogP contribution is -2.65. The average molecular weight is 697 g/mol. The first-order chi connectivity index (χ1) is 23.4. The molecule has 13 heteroatoms. The predicted molar refractivity (Wildman–Crippen MR) is 197 cm³/mol. The van der Waals surface area contributed by atoms with Crippen LogP contribution in [0, 0.1) is 24.4 Å². The van der Waals surface area contributed by atoms with Gasteiger partial charge in [0.2, 0.25) is 0 Å². The summed E-state index contributed by atoms with van der Waals surface area (Å²) >= 11 is 0. The maximum absolute atomic E-state index is 16.3. The number of nitrogens with two attached hydrogens (primary N) is 1. The number of cyclic esters (lactones) is 1. The van der Waals surface area contributed by atoms with Gasteiger partial charge >= 0.3 is 5.97 Å². The summed E-state index contributed by atoms with van der Waals surface area (Å²) in [6.07, 6.45) is 11.5. The van der Waals surface area contributed by atoms with E-state index in [1.54, 1.807) is 21.0 Å². The number of hydrogen-bond donors (Lipinski definition) is 2. The van der Waals surface area contributed by atoms with Crippen LogP contribution in [-0.2, 0) is 30.3 Å². The third-order valence-electron chi connectivity index (χ3n) is 11.0. The number of Topliss-reactive ketones (excluding diaryl/α,β-unsaturated/α-hetero) is 1. The van der Waals surface area contributed by atoms with Crippen molar-refractivity contribution in [3.05, 3.63) is 30.5 Å². The van der Waals surface area contributed by atoms with Gasteiger partial charge in [-0.2, -0.15) is 0 Å². The molecule has 3 N–H and O–H groups in total. The zero-order valence-electron chi connectivity index (χ0n) is 31.7. The fourth-order valence-corrected chi connectivity index (χ4v) is 7.46. The van der Waals surface area contributed by atoms with Gasteiger partial charge in [0.05, 0.1) is 17.8 Å². The summed E-state index contributed by atoms with van der Waals surface area (Å²) in [5.74, 6) is -3.17. The van der Waals surface area contributed by atoms with Crippen molar-refractivity contribution in [3.63, 3.8) is 0 Å². The van der Waals surface area contributed by atoms with Gasteiger partial charge in [0, 0.05) is 43.4 Å². The number of anilines is 1. The number of unbranched alkanes of at least 4 members (excludes halogenated alkanes) is 1. The molecule has 2 aromatic rings. The lowest BCUT2D eigenvalue weighted by molar-refractivity contribution is -0.183. The number of aryl methyl sites for hydroxylation is 1. The number of likely N-dealkylation sites (N-methyl/N-ethyl adjacent to an activating group) is 1. The van der Waals surface area contributed by atoms with E-state index >= 15 is 4.39 Å². The first-order valence-corrected chi connectivity index (χ1v) is 17.8. The number of nitrogens with zero attached hydrogens (tertiary/aromatic N) is 4. The van der Waals surface area contributed by atoms with Crippen LogP contribution in [-0.4, -0.2) is 102 Å². The number of benzene rings is 1. The van der Waals surface area contributed by atoms with Crippen molar-refractivity contribution in [1.29, 1.82) is 0 Å². The molecule has 1 aromatic carbocycles. The van der Waals surface area contributed by atoms with Crippen molar-refractivity contribution in [2.75, 3.05) is 33.0 Å². The number of nitrogens with one attached hydrogen (secondary N) is 1. The second-order valence-corrected chi connectivity index (χ2v) is 14.8. The number of carbonyl (C=O) groups is 2. The highest BCUT2D eigenvalue weighted by Gasteiger charge is 2.54. The number of methoxy groups -OCH3 is 1. The standard InChI is InChI=1S/C37H58BFN6O5/c1-11-30-37(8,49-12-2)32(41-18-13-14-19-45-23-29(42-43-45)27-16-15-17-28(40)20-27)26(5)44(9)22-24(3)21-35(6,48-10)31(38)25(4)33(46)36(7,39)34(47)50-30/h2,15-17,20,23-26,30-32,41H,11,13-14,18-19,21-22,38,40H2,1,3-10H3/t24-,25-,26-,30-,31-,32-,35-,36+,37-/m1/s1. The van der Waals surface area contributed by atoms with Crippen LogP contribution < -0.4 is 11.1 Å². The van der Waals surface area contributed by atoms with Crippen molar-refractivity contribution in [1.82, 2.24) is 25.2 Å². The maximum atomic E-state index is 16.3. The molecule has 0 bridgehead atoms. The molecule has 1 fully saturated rings. The lowest BCUT2D eigenvalue weighted by Gasteiger charge is -2.46. The second kappa shape index (κ2) is 17.2. The van der Waals surface area contributed by atoms with E-state index in [4.69, 9.17) is 26.4 Å². The summed E-state index contributed by atoms with van der Waals surface area (Å²) in [4.78, 5) is 29.4. The highest BCUT2D eigenvalue weighted by atomic mass is 19.1. The van der Waals surface area contributed by atoms with Crippen LogP contribution in [0.15, 0.2) is 30.5 Å². The molecular weight excluding hydrogens is 638 g/mol. The molecule has 1 aliphatic heterocycles. The SMILES string of the molecule is B[C@@H]1[C@@H](C)C(=O)[C@](C)(F)C(=O)O[C@H](CC)[C@@](C)(OC#C)[C@H](NCCCCn2cc(-c3cccc(N)c3)nn2)[C@@H](C)N(C)C[C@H](C)C[C@@]1(C)OC. The Morgan fingerprint density at radius 2 is 1.92 bits per heavy atom. The minimum absolute atomic E-state index is 0.138. The third kappa shape index (κ3) is 9.25. The first-order valence-electron chi connectivity index (χ1n) is 17.8. The summed E-state index contributed by atoms with van der Waals surface area (Å²) in [7, 11) is 5.52. The first kappa shape index (κ1) is 41.0. The summed E-state index contributed by atoms with van der Waals surface area (Å²) in [6, 6.07) is 6.89. The van der Waals surface area contributed by atoms with Gasteiger partial charge in [-0.1, -0.05) is 44.5 Å². The van der Waals surface area contributed by atoms with Crippen molar-refractivity contribution >= 4 is 25.3 Å². The van der Waals surface area contributed by atoms with Crippen LogP contribution in [0.2, 0.25) is 5.82 Å². The molecule has 9 atom stereocenters. The molecule has 0 amide bonds. The molecule has 1 saturated heterocycles. The number of rotatable bonds is 10. The lowest BCUT2D eigenvalue weighted by atomic mass is 9.62. The smallest absolute Gasteiger partial charge is 0.351 e. The number of halogens is 1. The third-order valence-corrected chi connectivity index (χ3v) is 11.0. The summed E-state index contributed by atoms with van der Waals surface area (Å²) in [5, 5.41) is 12.2. The minimum atomic E-state index is -2.89. The zero-order valence-corrected chi connectivity index (χ0v) is 31.7. The van der Waals surface area contributed by atoms with Gasteiger partial charge in [-0.05, 0) is 90.8 Å². The van der Waals surface area contributed by atoms with Gasteiger partial charge in [0.25, 0.3) is 5.67 Å². The molecule has 0 spiro atoms. The average Bonchev–Trinajstić information content (AvgIpc) is 3.55. The summed E-state index contributed by atoms with van der Waals surface area (Å²) in [5.41, 5.74) is 3.33. The molecule has 3 rings (SSSR count). The summed E-state index contributed by atoms with van der Waals surface area (Å²) in [6.45, 7) is 14.3. The van der Waals surface area contributed by atoms with Gasteiger partial charge < -0.3 is 30.2 Å². The quantitative estimate of drug-likeness (QED) is 0.0936. The van der Waals surface area contributed by atoms with Crippen molar-refractivity contribution in [2.24, 2.45) is 11.8 Å². The number of carbonyl (C=O) groups excluding carboxylic acids is 2. The molecule has 0 aliphatic carbocycles. The number of hydrogen-bond acceptors (Lipinski definition) is 10. The maximum Gasteiger partial charge on any atom is 0.351 e. The van der Waals surface area contributed by atoms with Crippen LogP contribution in [0.5, 0.6) is 0 Å². The monoisotopic (exact) mass is 696 g/mol. The molecule has 1 aromatic heterocycles. The van der Waals surface area contributed by atoms with Gasteiger partial charge in [-0.15, -0.1) is 5.10 Å². The second-order valence-electron chi connectivity index (χ2n) is 14.8. The Labute approximate surface area is 298 Å². The van der Waals surface area contributed by atoms with Crippen LogP contribution in [0.1, 0.15) is 74.1 Å². The molecule has 276 valence electrons. The highest BCUT2D eigenvalue weighted by molar-refractivity contribution is 6.17. The van der Waals surface area contributed by atoms with Gasteiger partial charge in [-0.25, -0.2) is 9.18 Å². The largest absolute Gasteiger partial charge is 0.455 e. The topological polar surface area (TPSA) is 134 Å². The van der Waals surface area contributed by atoms with E-state index in [9.17, 15) is 9.59 Å². The number of ketones is 1. The minimum Gasteiger partial charge on any atom is -0.455 e. The molecule has 1 aliphatic rings. The zero-order chi connectivity index (χ0) is 37.4. The normalized spacial score (nSPS) is 33.5.